The number of ether oxygens (including phenoxy) is 2. The van der Waals surface area contributed by atoms with Crippen LogP contribution in [0.15, 0.2) is 72.9 Å². The standard InChI is InChI=1S/C28H26ClN3O4/c1-35-14-13-32-26(21-16-30-22-10-6-5-7-18(21)22)25(19-8-3-4-9-20(19)28(32)34)27(33)31-23-15-17(29)11-12-24(23)36-2/h3-12,15-16,25-26,30H,13-14H2,1-2H3,(H,31,33)/t25-,26-/m1/s1. The van der Waals surface area contributed by atoms with Crippen molar-refractivity contribution in [1.82, 2.24) is 9.88 Å². The van der Waals surface area contributed by atoms with Crippen molar-refractivity contribution in [2.45, 2.75) is 12.0 Å². The smallest absolute Gasteiger partial charge is 0.254 e. The van der Waals surface area contributed by atoms with Crippen LogP contribution in [0.3, 0.4) is 0 Å². The van der Waals surface area contributed by atoms with E-state index < -0.39 is 12.0 Å². The summed E-state index contributed by atoms with van der Waals surface area (Å²) in [5, 5.41) is 4.44. The fourth-order valence-electron chi connectivity index (χ4n) is 4.98. The van der Waals surface area contributed by atoms with Gasteiger partial charge in [0.2, 0.25) is 5.91 Å². The molecular weight excluding hydrogens is 478 g/mol. The molecule has 0 unspecified atom stereocenters. The second kappa shape index (κ2) is 10.0. The highest BCUT2D eigenvalue weighted by molar-refractivity contribution is 6.31. The molecule has 4 aromatic rings. The fourth-order valence-corrected chi connectivity index (χ4v) is 5.16. The van der Waals surface area contributed by atoms with Gasteiger partial charge in [-0.25, -0.2) is 0 Å². The number of benzene rings is 3. The van der Waals surface area contributed by atoms with Crippen LogP contribution in [0.4, 0.5) is 5.69 Å². The molecule has 0 aliphatic carbocycles. The molecule has 3 aromatic carbocycles. The number of fused-ring (bicyclic) bond motifs is 2. The van der Waals surface area contributed by atoms with E-state index in [0.29, 0.717) is 40.7 Å². The van der Waals surface area contributed by atoms with E-state index in [0.717, 1.165) is 16.5 Å². The van der Waals surface area contributed by atoms with Gasteiger partial charge in [-0.1, -0.05) is 48.0 Å². The van der Waals surface area contributed by atoms with Crippen molar-refractivity contribution >= 4 is 40.0 Å². The average molecular weight is 504 g/mol. The van der Waals surface area contributed by atoms with Gasteiger partial charge >= 0.3 is 0 Å². The Morgan fingerprint density at radius 3 is 2.64 bits per heavy atom. The van der Waals surface area contributed by atoms with E-state index in [-0.39, 0.29) is 11.8 Å². The Balaban J connectivity index is 1.68. The number of hydrogen-bond acceptors (Lipinski definition) is 4. The van der Waals surface area contributed by atoms with Crippen molar-refractivity contribution in [3.8, 4) is 5.75 Å². The van der Waals surface area contributed by atoms with Crippen molar-refractivity contribution in [3.63, 3.8) is 0 Å². The molecule has 1 aliphatic rings. The van der Waals surface area contributed by atoms with Crippen LogP contribution in [-0.2, 0) is 9.53 Å². The van der Waals surface area contributed by atoms with Crippen LogP contribution in [0, 0.1) is 0 Å². The molecule has 0 saturated heterocycles. The number of anilines is 1. The third-order valence-corrected chi connectivity index (χ3v) is 6.85. The average Bonchev–Trinajstić information content (AvgIpc) is 3.32. The highest BCUT2D eigenvalue weighted by atomic mass is 35.5. The molecule has 1 aromatic heterocycles. The number of methoxy groups -OCH3 is 2. The topological polar surface area (TPSA) is 83.7 Å². The Morgan fingerprint density at radius 1 is 1.06 bits per heavy atom. The first kappa shape index (κ1) is 23.9. The Kier molecular flexibility index (Phi) is 6.67. The van der Waals surface area contributed by atoms with Crippen LogP contribution in [-0.4, -0.2) is 49.1 Å². The summed E-state index contributed by atoms with van der Waals surface area (Å²) < 4.78 is 10.8. The molecular formula is C28H26ClN3O4. The van der Waals surface area contributed by atoms with E-state index in [2.05, 4.69) is 10.3 Å². The first-order chi connectivity index (χ1) is 17.5. The Labute approximate surface area is 214 Å². The third kappa shape index (κ3) is 4.21. The van der Waals surface area contributed by atoms with Gasteiger partial charge in [-0.15, -0.1) is 0 Å². The monoisotopic (exact) mass is 503 g/mol. The highest BCUT2D eigenvalue weighted by Gasteiger charge is 2.45. The number of H-pyrrole nitrogens is 1. The molecule has 2 amide bonds. The zero-order valence-electron chi connectivity index (χ0n) is 20.0. The summed E-state index contributed by atoms with van der Waals surface area (Å²) in [7, 11) is 3.13. The highest BCUT2D eigenvalue weighted by Crippen LogP contribution is 2.45. The number of para-hydroxylation sites is 1. The van der Waals surface area contributed by atoms with Gasteiger partial charge in [0.1, 0.15) is 5.75 Å². The quantitative estimate of drug-likeness (QED) is 0.354. The van der Waals surface area contributed by atoms with Crippen LogP contribution in [0.2, 0.25) is 5.02 Å². The summed E-state index contributed by atoms with van der Waals surface area (Å²) in [6, 6.07) is 19.6. The molecule has 36 heavy (non-hydrogen) atoms. The van der Waals surface area contributed by atoms with Gasteiger partial charge in [-0.05, 0) is 35.9 Å². The lowest BCUT2D eigenvalue weighted by Gasteiger charge is -2.41. The summed E-state index contributed by atoms with van der Waals surface area (Å²) in [5.41, 5.74) is 3.43. The molecule has 5 rings (SSSR count). The number of amides is 2. The van der Waals surface area contributed by atoms with Gasteiger partial charge in [-0.3, -0.25) is 9.59 Å². The summed E-state index contributed by atoms with van der Waals surface area (Å²) in [6.45, 7) is 0.668. The number of halogens is 1. The molecule has 2 heterocycles. The lowest BCUT2D eigenvalue weighted by Crippen LogP contribution is -2.47. The van der Waals surface area contributed by atoms with Gasteiger partial charge in [-0.2, -0.15) is 0 Å². The normalized spacial score (nSPS) is 17.2. The molecule has 2 atom stereocenters. The minimum Gasteiger partial charge on any atom is -0.495 e. The summed E-state index contributed by atoms with van der Waals surface area (Å²) in [4.78, 5) is 32.8. The second-order valence-electron chi connectivity index (χ2n) is 8.62. The zero-order chi connectivity index (χ0) is 25.2. The number of nitrogens with one attached hydrogen (secondary N) is 2. The van der Waals surface area contributed by atoms with Crippen molar-refractivity contribution < 1.29 is 19.1 Å². The molecule has 0 spiro atoms. The van der Waals surface area contributed by atoms with E-state index in [1.54, 1.807) is 36.3 Å². The number of nitrogens with zero attached hydrogens (tertiary/aromatic N) is 1. The Morgan fingerprint density at radius 2 is 1.83 bits per heavy atom. The molecule has 7 nitrogen and oxygen atoms in total. The summed E-state index contributed by atoms with van der Waals surface area (Å²) >= 11 is 6.22. The van der Waals surface area contributed by atoms with E-state index in [1.165, 1.54) is 7.11 Å². The van der Waals surface area contributed by atoms with Crippen molar-refractivity contribution in [2.75, 3.05) is 32.7 Å². The van der Waals surface area contributed by atoms with Crippen molar-refractivity contribution in [3.05, 3.63) is 94.6 Å². The maximum atomic E-state index is 14.1. The van der Waals surface area contributed by atoms with Gasteiger partial charge in [0.15, 0.2) is 0 Å². The van der Waals surface area contributed by atoms with Crippen LogP contribution in [0.25, 0.3) is 10.9 Å². The molecule has 0 saturated carbocycles. The second-order valence-corrected chi connectivity index (χ2v) is 9.06. The van der Waals surface area contributed by atoms with E-state index >= 15 is 0 Å². The van der Waals surface area contributed by atoms with E-state index in [4.69, 9.17) is 21.1 Å². The molecule has 0 bridgehead atoms. The summed E-state index contributed by atoms with van der Waals surface area (Å²) in [6.07, 6.45) is 1.89. The number of hydrogen-bond donors (Lipinski definition) is 2. The van der Waals surface area contributed by atoms with Crippen molar-refractivity contribution in [2.24, 2.45) is 0 Å². The number of aromatic nitrogens is 1. The van der Waals surface area contributed by atoms with E-state index in [1.807, 2.05) is 48.7 Å². The minimum atomic E-state index is -0.696. The SMILES string of the molecule is COCCN1C(=O)c2ccccc2[C@@H](C(=O)Nc2cc(Cl)ccc2OC)[C@H]1c1c[nH]c2ccccc12. The Hall–Kier alpha value is -3.81. The predicted molar refractivity (Wildman–Crippen MR) is 140 cm³/mol. The van der Waals surface area contributed by atoms with Gasteiger partial charge in [0.25, 0.3) is 5.91 Å². The maximum absolute atomic E-state index is 14.1. The third-order valence-electron chi connectivity index (χ3n) is 6.62. The molecule has 184 valence electrons. The maximum Gasteiger partial charge on any atom is 0.254 e. The number of rotatable bonds is 7. The van der Waals surface area contributed by atoms with Gasteiger partial charge in [0.05, 0.1) is 31.4 Å². The number of carbonyl (C=O) groups excluding carboxylic acids is 2. The lowest BCUT2D eigenvalue weighted by atomic mass is 9.79. The molecule has 0 fully saturated rings. The largest absolute Gasteiger partial charge is 0.495 e. The zero-order valence-corrected chi connectivity index (χ0v) is 20.7. The number of carbonyl (C=O) groups is 2. The summed E-state index contributed by atoms with van der Waals surface area (Å²) in [5.74, 6) is -0.609. The van der Waals surface area contributed by atoms with Crippen LogP contribution >= 0.6 is 11.6 Å². The van der Waals surface area contributed by atoms with Crippen LogP contribution < -0.4 is 10.1 Å². The molecule has 1 aliphatic heterocycles. The minimum absolute atomic E-state index is 0.137. The predicted octanol–water partition coefficient (Wildman–Crippen LogP) is 5.40. The van der Waals surface area contributed by atoms with Crippen LogP contribution in [0.5, 0.6) is 5.75 Å². The first-order valence-corrected chi connectivity index (χ1v) is 12.0. The van der Waals surface area contributed by atoms with Gasteiger partial charge in [0, 0.05) is 46.9 Å². The molecule has 8 heteroatoms. The van der Waals surface area contributed by atoms with Crippen LogP contribution in [0.1, 0.15) is 33.4 Å². The molecule has 0 radical (unpaired) electrons. The molecule has 2 N–H and O–H groups in total. The first-order valence-electron chi connectivity index (χ1n) is 11.6. The fraction of sp³-hybridized carbons (Fsp3) is 0.214. The lowest BCUT2D eigenvalue weighted by molar-refractivity contribution is -0.119. The van der Waals surface area contributed by atoms with E-state index in [9.17, 15) is 9.59 Å². The Bertz CT molecular complexity index is 1430. The van der Waals surface area contributed by atoms with Gasteiger partial charge < -0.3 is 24.7 Å². The number of aromatic amines is 1. The van der Waals surface area contributed by atoms with Crippen molar-refractivity contribution in [1.29, 1.82) is 0 Å².